The minimum absolute atomic E-state index is 0.542. The predicted octanol–water partition coefficient (Wildman–Crippen LogP) is 2.37. The van der Waals surface area contributed by atoms with E-state index >= 15 is 0 Å². The molecule has 2 unspecified atom stereocenters. The lowest BCUT2D eigenvalue weighted by molar-refractivity contribution is 0.241. The van der Waals surface area contributed by atoms with E-state index in [1.54, 1.807) is 0 Å². The fraction of sp³-hybridized carbons (Fsp3) is 1.00. The SMILES string of the molecule is CC[C@@H]1CCC(OP)C1. The van der Waals surface area contributed by atoms with E-state index in [4.69, 9.17) is 4.52 Å². The first-order valence-corrected chi connectivity index (χ1v) is 4.19. The Bertz CT molecular complexity index is 75.0. The third kappa shape index (κ3) is 1.91. The molecule has 0 spiro atoms. The Labute approximate surface area is 59.5 Å². The quantitative estimate of drug-likeness (QED) is 0.543. The fourth-order valence-corrected chi connectivity index (χ4v) is 1.77. The Morgan fingerprint density at radius 2 is 2.33 bits per heavy atom. The first-order valence-electron chi connectivity index (χ1n) is 3.72. The summed E-state index contributed by atoms with van der Waals surface area (Å²) in [5.41, 5.74) is 0. The van der Waals surface area contributed by atoms with Crippen LogP contribution in [-0.2, 0) is 4.52 Å². The molecule has 1 saturated carbocycles. The minimum Gasteiger partial charge on any atom is -0.362 e. The maximum absolute atomic E-state index is 5.16. The highest BCUT2D eigenvalue weighted by Gasteiger charge is 2.22. The highest BCUT2D eigenvalue weighted by Crippen LogP contribution is 2.30. The van der Waals surface area contributed by atoms with Crippen molar-refractivity contribution in [2.75, 3.05) is 0 Å². The van der Waals surface area contributed by atoms with E-state index in [2.05, 4.69) is 16.4 Å². The van der Waals surface area contributed by atoms with Gasteiger partial charge in [-0.05, 0) is 25.2 Å². The van der Waals surface area contributed by atoms with Gasteiger partial charge < -0.3 is 4.52 Å². The molecule has 0 aromatic carbocycles. The van der Waals surface area contributed by atoms with Gasteiger partial charge in [-0.2, -0.15) is 0 Å². The Kier molecular flexibility index (Phi) is 2.94. The van der Waals surface area contributed by atoms with E-state index in [9.17, 15) is 0 Å². The van der Waals surface area contributed by atoms with Crippen LogP contribution in [-0.4, -0.2) is 6.10 Å². The van der Waals surface area contributed by atoms with E-state index in [-0.39, 0.29) is 0 Å². The second kappa shape index (κ2) is 3.53. The van der Waals surface area contributed by atoms with Crippen molar-refractivity contribution in [3.05, 3.63) is 0 Å². The van der Waals surface area contributed by atoms with Gasteiger partial charge in [0.25, 0.3) is 0 Å². The summed E-state index contributed by atoms with van der Waals surface area (Å²) in [7, 11) is 2.36. The Morgan fingerprint density at radius 1 is 1.56 bits per heavy atom. The van der Waals surface area contributed by atoms with Gasteiger partial charge in [0, 0.05) is 9.47 Å². The molecule has 54 valence electrons. The lowest BCUT2D eigenvalue weighted by Gasteiger charge is -2.05. The van der Waals surface area contributed by atoms with Crippen LogP contribution in [0.4, 0.5) is 0 Å². The van der Waals surface area contributed by atoms with Crippen LogP contribution >= 0.6 is 9.47 Å². The molecule has 1 rings (SSSR count). The van der Waals surface area contributed by atoms with Crippen molar-refractivity contribution in [2.24, 2.45) is 5.92 Å². The van der Waals surface area contributed by atoms with Crippen LogP contribution in [0.25, 0.3) is 0 Å². The molecule has 0 N–H and O–H groups in total. The smallest absolute Gasteiger partial charge is 0.0613 e. The van der Waals surface area contributed by atoms with E-state index in [0.717, 1.165) is 5.92 Å². The van der Waals surface area contributed by atoms with E-state index in [1.165, 1.54) is 25.7 Å². The molecule has 0 saturated heterocycles. The molecular weight excluding hydrogens is 131 g/mol. The predicted molar refractivity (Wildman–Crippen MR) is 42.2 cm³/mol. The summed E-state index contributed by atoms with van der Waals surface area (Å²) in [4.78, 5) is 0. The third-order valence-corrected chi connectivity index (χ3v) is 2.65. The normalized spacial score (nSPS) is 35.3. The van der Waals surface area contributed by atoms with Crippen molar-refractivity contribution in [1.82, 2.24) is 0 Å². The molecule has 0 amide bonds. The van der Waals surface area contributed by atoms with Gasteiger partial charge in [-0.25, -0.2) is 0 Å². The zero-order valence-corrected chi connectivity index (χ0v) is 7.12. The highest BCUT2D eigenvalue weighted by atomic mass is 31.0. The highest BCUT2D eigenvalue weighted by molar-refractivity contribution is 7.09. The summed E-state index contributed by atoms with van der Waals surface area (Å²) < 4.78 is 5.16. The first kappa shape index (κ1) is 7.50. The van der Waals surface area contributed by atoms with Crippen molar-refractivity contribution in [3.63, 3.8) is 0 Å². The lowest BCUT2D eigenvalue weighted by Crippen LogP contribution is -2.00. The van der Waals surface area contributed by atoms with Crippen LogP contribution in [0.3, 0.4) is 0 Å². The van der Waals surface area contributed by atoms with Gasteiger partial charge in [0.15, 0.2) is 0 Å². The average Bonchev–Trinajstić information content (AvgIpc) is 2.34. The molecule has 2 heteroatoms. The van der Waals surface area contributed by atoms with Crippen LogP contribution in [0.15, 0.2) is 0 Å². The van der Waals surface area contributed by atoms with Crippen molar-refractivity contribution < 1.29 is 4.52 Å². The van der Waals surface area contributed by atoms with Gasteiger partial charge in [-0.15, -0.1) is 0 Å². The summed E-state index contributed by atoms with van der Waals surface area (Å²) in [6, 6.07) is 0. The fourth-order valence-electron chi connectivity index (χ4n) is 1.52. The molecule has 0 aromatic heterocycles. The van der Waals surface area contributed by atoms with Crippen molar-refractivity contribution in [3.8, 4) is 0 Å². The molecule has 0 heterocycles. The van der Waals surface area contributed by atoms with Crippen LogP contribution in [0.2, 0.25) is 0 Å². The largest absolute Gasteiger partial charge is 0.362 e. The van der Waals surface area contributed by atoms with E-state index in [0.29, 0.717) is 6.10 Å². The molecule has 1 nitrogen and oxygen atoms in total. The maximum atomic E-state index is 5.16. The molecule has 1 fully saturated rings. The third-order valence-electron chi connectivity index (χ3n) is 2.26. The first-order chi connectivity index (χ1) is 4.36. The summed E-state index contributed by atoms with van der Waals surface area (Å²) >= 11 is 0. The molecule has 0 bridgehead atoms. The molecule has 9 heavy (non-hydrogen) atoms. The van der Waals surface area contributed by atoms with Crippen molar-refractivity contribution in [1.29, 1.82) is 0 Å². The van der Waals surface area contributed by atoms with Gasteiger partial charge >= 0.3 is 0 Å². The van der Waals surface area contributed by atoms with E-state index < -0.39 is 0 Å². The Morgan fingerprint density at radius 3 is 2.67 bits per heavy atom. The lowest BCUT2D eigenvalue weighted by atomic mass is 10.1. The summed E-state index contributed by atoms with van der Waals surface area (Å²) in [6.45, 7) is 2.26. The Balaban J connectivity index is 2.20. The summed E-state index contributed by atoms with van der Waals surface area (Å²) in [5, 5.41) is 0. The number of hydrogen-bond acceptors (Lipinski definition) is 1. The van der Waals surface area contributed by atoms with Crippen LogP contribution < -0.4 is 0 Å². The zero-order chi connectivity index (χ0) is 6.69. The monoisotopic (exact) mass is 146 g/mol. The second-order valence-corrected chi connectivity index (χ2v) is 3.12. The summed E-state index contributed by atoms with van der Waals surface area (Å²) in [5.74, 6) is 0.940. The molecule has 0 aromatic rings. The average molecular weight is 146 g/mol. The van der Waals surface area contributed by atoms with Crippen LogP contribution in [0.5, 0.6) is 0 Å². The van der Waals surface area contributed by atoms with Gasteiger partial charge in [0.2, 0.25) is 0 Å². The van der Waals surface area contributed by atoms with Gasteiger partial charge in [-0.1, -0.05) is 13.3 Å². The molecular formula is C7H15OP. The number of hydrogen-bond donors (Lipinski definition) is 0. The van der Waals surface area contributed by atoms with E-state index in [1.807, 2.05) is 0 Å². The topological polar surface area (TPSA) is 9.23 Å². The van der Waals surface area contributed by atoms with Gasteiger partial charge in [0.1, 0.15) is 0 Å². The minimum atomic E-state index is 0.542. The second-order valence-electron chi connectivity index (χ2n) is 2.85. The number of rotatable bonds is 2. The van der Waals surface area contributed by atoms with Gasteiger partial charge in [0.05, 0.1) is 6.10 Å². The van der Waals surface area contributed by atoms with Gasteiger partial charge in [-0.3, -0.25) is 0 Å². The van der Waals surface area contributed by atoms with Crippen LogP contribution in [0.1, 0.15) is 32.6 Å². The molecule has 0 radical (unpaired) electrons. The standard InChI is InChI=1S/C7H15OP/c1-2-6-3-4-7(5-6)8-9/h6-7H,2-5,9H2,1H3/t6-,7?/m1/s1. The maximum Gasteiger partial charge on any atom is 0.0613 e. The van der Waals surface area contributed by atoms with Crippen molar-refractivity contribution in [2.45, 2.75) is 38.7 Å². The summed E-state index contributed by atoms with van der Waals surface area (Å²) in [6.07, 6.45) is 5.78. The molecule has 0 aliphatic heterocycles. The zero-order valence-electron chi connectivity index (χ0n) is 5.97. The van der Waals surface area contributed by atoms with Crippen LogP contribution in [0, 0.1) is 5.92 Å². The Hall–Kier alpha value is 0.390. The molecule has 1 aliphatic carbocycles. The van der Waals surface area contributed by atoms with Crippen molar-refractivity contribution >= 4 is 9.47 Å². The molecule has 1 aliphatic rings. The molecule has 3 atom stereocenters.